The molecule has 2 aromatic rings. The van der Waals surface area contributed by atoms with Gasteiger partial charge in [0.1, 0.15) is 5.75 Å². The number of ether oxygens (including phenoxy) is 1. The number of anilines is 2. The van der Waals surface area contributed by atoms with Crippen LogP contribution in [-0.2, 0) is 0 Å². The minimum Gasteiger partial charge on any atom is -0.454 e. The van der Waals surface area contributed by atoms with E-state index in [4.69, 9.17) is 16.2 Å². The maximum absolute atomic E-state index is 13.7. The van der Waals surface area contributed by atoms with Gasteiger partial charge in [0, 0.05) is 0 Å². The van der Waals surface area contributed by atoms with Crippen molar-refractivity contribution in [3.63, 3.8) is 0 Å². The molecule has 0 aliphatic heterocycles. The first-order chi connectivity index (χ1) is 8.08. The van der Waals surface area contributed by atoms with Gasteiger partial charge in [0.05, 0.1) is 11.4 Å². The lowest BCUT2D eigenvalue weighted by atomic mass is 10.2. The Bertz CT molecular complexity index is 538. The number of hydrogen-bond donors (Lipinski definition) is 2. The molecule has 0 aliphatic carbocycles. The summed E-state index contributed by atoms with van der Waals surface area (Å²) in [5, 5.41) is 0. The normalized spacial score (nSPS) is 10.2. The quantitative estimate of drug-likeness (QED) is 0.782. The molecule has 2 rings (SSSR count). The fraction of sp³-hybridized carbons (Fsp3) is 0.0769. The topological polar surface area (TPSA) is 61.3 Å². The molecule has 4 N–H and O–H groups in total. The van der Waals surface area contributed by atoms with E-state index in [-0.39, 0.29) is 17.1 Å². The zero-order chi connectivity index (χ0) is 12.4. The summed E-state index contributed by atoms with van der Waals surface area (Å²) in [4.78, 5) is 0. The lowest BCUT2D eigenvalue weighted by Crippen LogP contribution is -1.99. The van der Waals surface area contributed by atoms with Gasteiger partial charge < -0.3 is 16.2 Å². The summed E-state index contributed by atoms with van der Waals surface area (Å²) in [6.45, 7) is 1.96. The van der Waals surface area contributed by atoms with E-state index in [0.717, 1.165) is 5.56 Å². The molecule has 0 fully saturated rings. The molecule has 0 atom stereocenters. The van der Waals surface area contributed by atoms with Crippen LogP contribution < -0.4 is 16.2 Å². The molecule has 4 heteroatoms. The summed E-state index contributed by atoms with van der Waals surface area (Å²) in [6.07, 6.45) is 0. The van der Waals surface area contributed by atoms with Crippen LogP contribution in [0.4, 0.5) is 15.8 Å². The largest absolute Gasteiger partial charge is 0.454 e. The van der Waals surface area contributed by atoms with Crippen molar-refractivity contribution in [1.29, 1.82) is 0 Å². The van der Waals surface area contributed by atoms with Gasteiger partial charge in [-0.3, -0.25) is 0 Å². The Kier molecular flexibility index (Phi) is 2.87. The van der Waals surface area contributed by atoms with Crippen LogP contribution in [0, 0.1) is 12.7 Å². The molecule has 0 unspecified atom stereocenters. The van der Waals surface area contributed by atoms with Gasteiger partial charge >= 0.3 is 0 Å². The lowest BCUT2D eigenvalue weighted by Gasteiger charge is -2.09. The highest BCUT2D eigenvalue weighted by molar-refractivity contribution is 5.66. The van der Waals surface area contributed by atoms with Crippen molar-refractivity contribution in [3.05, 3.63) is 47.8 Å². The van der Waals surface area contributed by atoms with E-state index in [9.17, 15) is 4.39 Å². The summed E-state index contributed by atoms with van der Waals surface area (Å²) in [6, 6.07) is 10.3. The Hall–Kier alpha value is -2.23. The zero-order valence-electron chi connectivity index (χ0n) is 9.41. The van der Waals surface area contributed by atoms with Gasteiger partial charge in [-0.1, -0.05) is 17.7 Å². The van der Waals surface area contributed by atoms with E-state index < -0.39 is 5.82 Å². The van der Waals surface area contributed by atoms with Crippen LogP contribution in [0.25, 0.3) is 0 Å². The van der Waals surface area contributed by atoms with Crippen molar-refractivity contribution >= 4 is 11.4 Å². The van der Waals surface area contributed by atoms with E-state index in [1.165, 1.54) is 12.1 Å². The average Bonchev–Trinajstić information content (AvgIpc) is 2.33. The van der Waals surface area contributed by atoms with Gasteiger partial charge in [0.25, 0.3) is 0 Å². The SMILES string of the molecule is Cc1ccc(Oc2ccc(N)c(N)c2F)cc1. The maximum atomic E-state index is 13.7. The van der Waals surface area contributed by atoms with Crippen LogP contribution >= 0.6 is 0 Å². The molecule has 88 valence electrons. The van der Waals surface area contributed by atoms with Crippen molar-refractivity contribution < 1.29 is 9.13 Å². The monoisotopic (exact) mass is 232 g/mol. The average molecular weight is 232 g/mol. The molecule has 0 saturated heterocycles. The van der Waals surface area contributed by atoms with Gasteiger partial charge in [-0.15, -0.1) is 0 Å². The summed E-state index contributed by atoms with van der Waals surface area (Å²) in [5.74, 6) is -0.00944. The van der Waals surface area contributed by atoms with Crippen molar-refractivity contribution in [2.45, 2.75) is 6.92 Å². The molecule has 17 heavy (non-hydrogen) atoms. The lowest BCUT2D eigenvalue weighted by molar-refractivity contribution is 0.444. The molecular weight excluding hydrogens is 219 g/mol. The maximum Gasteiger partial charge on any atom is 0.190 e. The first-order valence-corrected chi connectivity index (χ1v) is 5.16. The van der Waals surface area contributed by atoms with Gasteiger partial charge in [0.15, 0.2) is 11.6 Å². The van der Waals surface area contributed by atoms with Crippen LogP contribution in [-0.4, -0.2) is 0 Å². The first-order valence-electron chi connectivity index (χ1n) is 5.16. The summed E-state index contributed by atoms with van der Waals surface area (Å²) >= 11 is 0. The molecule has 2 aromatic carbocycles. The number of nitrogens with two attached hydrogens (primary N) is 2. The number of aryl methyl sites for hydroxylation is 1. The minimum atomic E-state index is -0.634. The van der Waals surface area contributed by atoms with Crippen LogP contribution in [0.3, 0.4) is 0 Å². The highest BCUT2D eigenvalue weighted by atomic mass is 19.1. The molecular formula is C13H13FN2O. The van der Waals surface area contributed by atoms with Crippen molar-refractivity contribution in [2.24, 2.45) is 0 Å². The van der Waals surface area contributed by atoms with Gasteiger partial charge in [-0.05, 0) is 31.2 Å². The molecule has 0 saturated carbocycles. The third kappa shape index (κ3) is 2.30. The van der Waals surface area contributed by atoms with E-state index >= 15 is 0 Å². The predicted octanol–water partition coefficient (Wildman–Crippen LogP) is 3.09. The first kappa shape index (κ1) is 11.3. The van der Waals surface area contributed by atoms with E-state index in [1.807, 2.05) is 19.1 Å². The number of halogens is 1. The fourth-order valence-electron chi connectivity index (χ4n) is 1.40. The fourth-order valence-corrected chi connectivity index (χ4v) is 1.40. The second-order valence-corrected chi connectivity index (χ2v) is 3.80. The van der Waals surface area contributed by atoms with Crippen molar-refractivity contribution in [1.82, 2.24) is 0 Å². The van der Waals surface area contributed by atoms with E-state index in [1.54, 1.807) is 12.1 Å². The van der Waals surface area contributed by atoms with Crippen molar-refractivity contribution in [2.75, 3.05) is 11.5 Å². The minimum absolute atomic E-state index is 0.0700. The van der Waals surface area contributed by atoms with Crippen LogP contribution in [0.2, 0.25) is 0 Å². The third-order valence-electron chi connectivity index (χ3n) is 2.43. The Morgan fingerprint density at radius 1 is 1.00 bits per heavy atom. The molecule has 0 amide bonds. The Labute approximate surface area is 98.8 Å². The standard InChI is InChI=1S/C13H13FN2O/c1-8-2-4-9(5-3-8)17-11-7-6-10(15)13(16)12(11)14/h2-7H,15-16H2,1H3. The summed E-state index contributed by atoms with van der Waals surface area (Å²) < 4.78 is 19.1. The second kappa shape index (κ2) is 4.33. The molecule has 0 bridgehead atoms. The Morgan fingerprint density at radius 2 is 1.65 bits per heavy atom. The van der Waals surface area contributed by atoms with Crippen LogP contribution in [0.1, 0.15) is 5.56 Å². The Balaban J connectivity index is 2.30. The van der Waals surface area contributed by atoms with Gasteiger partial charge in [-0.25, -0.2) is 4.39 Å². The number of hydrogen-bond acceptors (Lipinski definition) is 3. The van der Waals surface area contributed by atoms with Crippen LogP contribution in [0.5, 0.6) is 11.5 Å². The second-order valence-electron chi connectivity index (χ2n) is 3.80. The van der Waals surface area contributed by atoms with Crippen LogP contribution in [0.15, 0.2) is 36.4 Å². The zero-order valence-corrected chi connectivity index (χ0v) is 9.41. The smallest absolute Gasteiger partial charge is 0.190 e. The molecule has 0 spiro atoms. The number of rotatable bonds is 2. The van der Waals surface area contributed by atoms with Crippen molar-refractivity contribution in [3.8, 4) is 11.5 Å². The number of nitrogen functional groups attached to an aromatic ring is 2. The predicted molar refractivity (Wildman–Crippen MR) is 66.5 cm³/mol. The summed E-state index contributed by atoms with van der Waals surface area (Å²) in [7, 11) is 0. The van der Waals surface area contributed by atoms with E-state index in [0.29, 0.717) is 5.75 Å². The van der Waals surface area contributed by atoms with Gasteiger partial charge in [0.2, 0.25) is 0 Å². The highest BCUT2D eigenvalue weighted by Crippen LogP contribution is 2.31. The molecule has 0 radical (unpaired) electrons. The van der Waals surface area contributed by atoms with Gasteiger partial charge in [-0.2, -0.15) is 0 Å². The molecule has 0 aromatic heterocycles. The molecule has 0 aliphatic rings. The molecule has 3 nitrogen and oxygen atoms in total. The third-order valence-corrected chi connectivity index (χ3v) is 2.43. The van der Waals surface area contributed by atoms with E-state index in [2.05, 4.69) is 0 Å². The Morgan fingerprint density at radius 3 is 2.29 bits per heavy atom. The highest BCUT2D eigenvalue weighted by Gasteiger charge is 2.10. The molecule has 0 heterocycles. The summed E-state index contributed by atoms with van der Waals surface area (Å²) in [5.41, 5.74) is 12.2. The number of benzene rings is 2.